The Morgan fingerprint density at radius 1 is 1.29 bits per heavy atom. The molecule has 3 unspecified atom stereocenters. The highest BCUT2D eigenvalue weighted by molar-refractivity contribution is 5.85. The number of carbonyl (C=O) groups excluding carboxylic acids is 1. The molecule has 3 atom stereocenters. The lowest BCUT2D eigenvalue weighted by molar-refractivity contribution is -0.139. The van der Waals surface area contributed by atoms with Gasteiger partial charge in [0.1, 0.15) is 18.1 Å². The van der Waals surface area contributed by atoms with Crippen molar-refractivity contribution in [3.05, 3.63) is 23.8 Å². The number of nitrogens with zero attached hydrogens (tertiary/aromatic N) is 1. The Kier molecular flexibility index (Phi) is 5.21. The number of ether oxygens (including phenoxy) is 2. The van der Waals surface area contributed by atoms with Crippen LogP contribution in [0.3, 0.4) is 0 Å². The van der Waals surface area contributed by atoms with Crippen LogP contribution in [0.25, 0.3) is 0 Å². The summed E-state index contributed by atoms with van der Waals surface area (Å²) in [6.45, 7) is 2.44. The number of methoxy groups -OCH3 is 1. The van der Waals surface area contributed by atoms with Crippen molar-refractivity contribution in [2.45, 2.75) is 37.8 Å². The van der Waals surface area contributed by atoms with Crippen LogP contribution in [0.5, 0.6) is 11.5 Å². The fourth-order valence-electron chi connectivity index (χ4n) is 4.21. The second kappa shape index (κ2) is 7.19. The van der Waals surface area contributed by atoms with Gasteiger partial charge in [-0.25, -0.2) is 0 Å². The van der Waals surface area contributed by atoms with E-state index in [2.05, 4.69) is 10.2 Å². The van der Waals surface area contributed by atoms with Gasteiger partial charge in [-0.1, -0.05) is 0 Å². The number of carbonyl (C=O) groups is 1. The first-order chi connectivity index (χ1) is 11.3. The second-order valence-corrected chi connectivity index (χ2v) is 6.81. The highest BCUT2D eigenvalue weighted by atomic mass is 35.5. The molecule has 1 aromatic rings. The van der Waals surface area contributed by atoms with E-state index >= 15 is 0 Å². The Morgan fingerprint density at radius 2 is 2.12 bits per heavy atom. The number of rotatable bonds is 2. The van der Waals surface area contributed by atoms with Crippen LogP contribution in [0.2, 0.25) is 0 Å². The molecule has 6 heteroatoms. The number of hydrogen-bond donors (Lipinski definition) is 1. The number of halogens is 1. The number of benzene rings is 1. The third-order valence-corrected chi connectivity index (χ3v) is 5.43. The van der Waals surface area contributed by atoms with Crippen LogP contribution in [-0.2, 0) is 11.2 Å². The lowest BCUT2D eigenvalue weighted by Gasteiger charge is -2.33. The van der Waals surface area contributed by atoms with Gasteiger partial charge in [0, 0.05) is 18.6 Å². The molecule has 0 aromatic heterocycles. The molecule has 0 spiro atoms. The zero-order valence-electron chi connectivity index (χ0n) is 14.0. The molecule has 3 aliphatic rings. The number of hydrogen-bond acceptors (Lipinski definition) is 4. The zero-order chi connectivity index (χ0) is 15.8. The maximum absolute atomic E-state index is 13.1. The molecule has 5 nitrogen and oxygen atoms in total. The Balaban J connectivity index is 0.00000169. The molecule has 3 heterocycles. The summed E-state index contributed by atoms with van der Waals surface area (Å²) >= 11 is 0. The molecule has 1 amide bonds. The topological polar surface area (TPSA) is 50.8 Å². The van der Waals surface area contributed by atoms with E-state index in [1.54, 1.807) is 7.11 Å². The third-order valence-electron chi connectivity index (χ3n) is 5.43. The van der Waals surface area contributed by atoms with Gasteiger partial charge in [-0.2, -0.15) is 0 Å². The van der Waals surface area contributed by atoms with Gasteiger partial charge in [-0.05, 0) is 56.0 Å². The first-order valence-electron chi connectivity index (χ1n) is 8.59. The van der Waals surface area contributed by atoms with Crippen molar-refractivity contribution in [1.82, 2.24) is 10.2 Å². The van der Waals surface area contributed by atoms with E-state index in [1.165, 1.54) is 0 Å². The summed E-state index contributed by atoms with van der Waals surface area (Å²) < 4.78 is 11.1. The van der Waals surface area contributed by atoms with Crippen LogP contribution in [-0.4, -0.2) is 49.7 Å². The monoisotopic (exact) mass is 352 g/mol. The van der Waals surface area contributed by atoms with Gasteiger partial charge in [0.25, 0.3) is 0 Å². The lowest BCUT2D eigenvalue weighted by Crippen LogP contribution is -2.47. The van der Waals surface area contributed by atoms with E-state index in [1.807, 2.05) is 18.2 Å². The van der Waals surface area contributed by atoms with Crippen LogP contribution in [0, 0.1) is 5.92 Å². The number of fused-ring (bicyclic) bond motifs is 3. The fraction of sp³-hybridized carbons (Fsp3) is 0.611. The predicted octanol–water partition coefficient (Wildman–Crippen LogP) is 2.02. The molecule has 0 radical (unpaired) electrons. The summed E-state index contributed by atoms with van der Waals surface area (Å²) in [6, 6.07) is 6.61. The van der Waals surface area contributed by atoms with Crippen molar-refractivity contribution < 1.29 is 14.3 Å². The van der Waals surface area contributed by atoms with Gasteiger partial charge in [0.15, 0.2) is 0 Å². The van der Waals surface area contributed by atoms with Crippen molar-refractivity contribution in [1.29, 1.82) is 0 Å². The Morgan fingerprint density at radius 3 is 2.96 bits per heavy atom. The normalized spacial score (nSPS) is 28.2. The first kappa shape index (κ1) is 17.4. The quantitative estimate of drug-likeness (QED) is 0.884. The standard InChI is InChI=1S/C18H24N2O3.ClH/c1-22-16-4-5-17-12(9-16)8-13(11-23-17)18(21)20-14-2-3-15(20)10-19-7-6-14;/h4-5,9,13-15,19H,2-3,6-8,10-11H2,1H3;1H. The fourth-order valence-corrected chi connectivity index (χ4v) is 4.21. The van der Waals surface area contributed by atoms with E-state index < -0.39 is 0 Å². The summed E-state index contributed by atoms with van der Waals surface area (Å²) in [7, 11) is 1.66. The van der Waals surface area contributed by atoms with E-state index in [0.29, 0.717) is 18.7 Å². The Labute approximate surface area is 149 Å². The molecule has 0 saturated carbocycles. The van der Waals surface area contributed by atoms with E-state index in [-0.39, 0.29) is 24.2 Å². The van der Waals surface area contributed by atoms with E-state index in [4.69, 9.17) is 9.47 Å². The van der Waals surface area contributed by atoms with Gasteiger partial charge in [-0.3, -0.25) is 4.79 Å². The third kappa shape index (κ3) is 3.07. The van der Waals surface area contributed by atoms with Crippen molar-refractivity contribution >= 4 is 18.3 Å². The maximum Gasteiger partial charge on any atom is 0.230 e. The maximum atomic E-state index is 13.1. The predicted molar refractivity (Wildman–Crippen MR) is 94.1 cm³/mol. The van der Waals surface area contributed by atoms with Crippen molar-refractivity contribution in [3.8, 4) is 11.5 Å². The molecule has 24 heavy (non-hydrogen) atoms. The van der Waals surface area contributed by atoms with Crippen LogP contribution in [0.4, 0.5) is 0 Å². The van der Waals surface area contributed by atoms with Crippen molar-refractivity contribution in [3.63, 3.8) is 0 Å². The molecular weight excluding hydrogens is 328 g/mol. The molecule has 2 saturated heterocycles. The summed E-state index contributed by atoms with van der Waals surface area (Å²) in [5.41, 5.74) is 1.08. The number of amides is 1. The highest BCUT2D eigenvalue weighted by Gasteiger charge is 2.41. The van der Waals surface area contributed by atoms with Crippen molar-refractivity contribution in [2.24, 2.45) is 5.92 Å². The first-order valence-corrected chi connectivity index (χ1v) is 8.59. The second-order valence-electron chi connectivity index (χ2n) is 6.81. The SMILES string of the molecule is COc1ccc2c(c1)CC(C(=O)N1C3CCNCC1CC3)CO2.Cl. The van der Waals surface area contributed by atoms with Crippen molar-refractivity contribution in [2.75, 3.05) is 26.8 Å². The summed E-state index contributed by atoms with van der Waals surface area (Å²) in [5, 5.41) is 3.46. The van der Waals surface area contributed by atoms with Crippen LogP contribution in [0.1, 0.15) is 24.8 Å². The molecule has 132 valence electrons. The van der Waals surface area contributed by atoms with Crippen LogP contribution in [0.15, 0.2) is 18.2 Å². The van der Waals surface area contributed by atoms with Gasteiger partial charge >= 0.3 is 0 Å². The Bertz CT molecular complexity index is 596. The molecule has 1 N–H and O–H groups in total. The average molecular weight is 353 g/mol. The molecule has 4 rings (SSSR count). The van der Waals surface area contributed by atoms with E-state index in [9.17, 15) is 4.79 Å². The van der Waals surface area contributed by atoms with Gasteiger partial charge < -0.3 is 19.7 Å². The lowest BCUT2D eigenvalue weighted by atomic mass is 9.94. The smallest absolute Gasteiger partial charge is 0.230 e. The average Bonchev–Trinajstić information content (AvgIpc) is 2.86. The minimum Gasteiger partial charge on any atom is -0.497 e. The molecule has 3 aliphatic heterocycles. The summed E-state index contributed by atoms with van der Waals surface area (Å²) in [6.07, 6.45) is 4.09. The molecule has 2 fully saturated rings. The van der Waals surface area contributed by atoms with Gasteiger partial charge in [-0.15, -0.1) is 12.4 Å². The minimum absolute atomic E-state index is 0. The number of nitrogens with one attached hydrogen (secondary N) is 1. The Hall–Kier alpha value is -1.46. The molecule has 0 aliphatic carbocycles. The summed E-state index contributed by atoms with van der Waals surface area (Å²) in [5.74, 6) is 1.90. The molecule has 2 bridgehead atoms. The van der Waals surface area contributed by atoms with Crippen LogP contribution < -0.4 is 14.8 Å². The molecular formula is C18H25ClN2O3. The summed E-state index contributed by atoms with van der Waals surface area (Å²) in [4.78, 5) is 15.3. The highest BCUT2D eigenvalue weighted by Crippen LogP contribution is 2.34. The largest absolute Gasteiger partial charge is 0.497 e. The van der Waals surface area contributed by atoms with E-state index in [0.717, 1.165) is 55.8 Å². The van der Waals surface area contributed by atoms with Gasteiger partial charge in [0.05, 0.1) is 13.0 Å². The molecule has 1 aromatic carbocycles. The zero-order valence-corrected chi connectivity index (χ0v) is 14.8. The minimum atomic E-state index is -0.0733. The van der Waals surface area contributed by atoms with Crippen LogP contribution >= 0.6 is 12.4 Å². The van der Waals surface area contributed by atoms with Gasteiger partial charge in [0.2, 0.25) is 5.91 Å².